The van der Waals surface area contributed by atoms with Crippen molar-refractivity contribution in [1.82, 2.24) is 4.90 Å². The first-order valence-electron chi connectivity index (χ1n) is 6.94. The molecule has 114 valence electrons. The molecule has 2 rings (SSSR count). The van der Waals surface area contributed by atoms with Gasteiger partial charge in [-0.25, -0.2) is 8.78 Å². The van der Waals surface area contributed by atoms with Crippen LogP contribution in [0.15, 0.2) is 18.2 Å². The van der Waals surface area contributed by atoms with E-state index < -0.39 is 17.5 Å². The highest BCUT2D eigenvalue weighted by atomic mass is 19.1. The van der Waals surface area contributed by atoms with Crippen LogP contribution in [-0.4, -0.2) is 36.5 Å². The predicted molar refractivity (Wildman–Crippen MR) is 71.6 cm³/mol. The first-order valence-corrected chi connectivity index (χ1v) is 6.94. The van der Waals surface area contributed by atoms with Crippen molar-refractivity contribution in [1.29, 1.82) is 0 Å². The van der Waals surface area contributed by atoms with Gasteiger partial charge in [0.2, 0.25) is 0 Å². The molecule has 1 saturated heterocycles. The van der Waals surface area contributed by atoms with Crippen LogP contribution >= 0.6 is 0 Å². The number of amides is 1. The lowest BCUT2D eigenvalue weighted by molar-refractivity contribution is -0.149. The van der Waals surface area contributed by atoms with Crippen molar-refractivity contribution in [2.45, 2.75) is 19.8 Å². The molecule has 0 bridgehead atoms. The maximum Gasteiger partial charge on any atom is 0.309 e. The average Bonchev–Trinajstić information content (AvgIpc) is 2.47. The van der Waals surface area contributed by atoms with E-state index >= 15 is 0 Å². The van der Waals surface area contributed by atoms with E-state index in [0.717, 1.165) is 12.1 Å². The van der Waals surface area contributed by atoms with Gasteiger partial charge in [0, 0.05) is 19.2 Å². The third-order valence-electron chi connectivity index (χ3n) is 3.56. The second kappa shape index (κ2) is 6.65. The number of piperidine rings is 1. The van der Waals surface area contributed by atoms with E-state index in [-0.39, 0.29) is 17.5 Å². The van der Waals surface area contributed by atoms with Gasteiger partial charge in [-0.05, 0) is 31.9 Å². The summed E-state index contributed by atoms with van der Waals surface area (Å²) in [7, 11) is 0. The molecule has 0 atom stereocenters. The summed E-state index contributed by atoms with van der Waals surface area (Å²) in [4.78, 5) is 25.3. The number of esters is 1. The highest BCUT2D eigenvalue weighted by Gasteiger charge is 2.29. The monoisotopic (exact) mass is 297 g/mol. The summed E-state index contributed by atoms with van der Waals surface area (Å²) in [5.74, 6) is -2.53. The molecule has 1 fully saturated rings. The lowest BCUT2D eigenvalue weighted by Crippen LogP contribution is -2.41. The fraction of sp³-hybridized carbons (Fsp3) is 0.467. The van der Waals surface area contributed by atoms with Gasteiger partial charge in [0.1, 0.15) is 11.6 Å². The summed E-state index contributed by atoms with van der Waals surface area (Å²) in [6, 6.07) is 2.89. The summed E-state index contributed by atoms with van der Waals surface area (Å²) in [6.07, 6.45) is 0.987. The van der Waals surface area contributed by atoms with Crippen LogP contribution in [0.5, 0.6) is 0 Å². The van der Waals surface area contributed by atoms with Crippen LogP contribution in [0.2, 0.25) is 0 Å². The van der Waals surface area contributed by atoms with Crippen molar-refractivity contribution in [3.63, 3.8) is 0 Å². The Labute approximate surface area is 121 Å². The molecule has 4 nitrogen and oxygen atoms in total. The Bertz CT molecular complexity index is 540. The third-order valence-corrected chi connectivity index (χ3v) is 3.56. The van der Waals surface area contributed by atoms with E-state index in [9.17, 15) is 18.4 Å². The van der Waals surface area contributed by atoms with Gasteiger partial charge in [0.05, 0.1) is 18.1 Å². The molecule has 0 aliphatic carbocycles. The van der Waals surface area contributed by atoms with Crippen LogP contribution < -0.4 is 0 Å². The number of rotatable bonds is 3. The summed E-state index contributed by atoms with van der Waals surface area (Å²) in [6.45, 7) is 2.80. The summed E-state index contributed by atoms with van der Waals surface area (Å²) in [5.41, 5.74) is -0.147. The number of carbonyl (C=O) groups excluding carboxylic acids is 2. The van der Waals surface area contributed by atoms with E-state index in [2.05, 4.69) is 0 Å². The van der Waals surface area contributed by atoms with Crippen molar-refractivity contribution in [3.8, 4) is 0 Å². The minimum absolute atomic E-state index is 0.147. The van der Waals surface area contributed by atoms with Crippen LogP contribution in [0.1, 0.15) is 30.1 Å². The predicted octanol–water partition coefficient (Wildman–Crippen LogP) is 2.38. The third kappa shape index (κ3) is 3.56. The molecule has 1 amide bonds. The molecule has 1 aromatic rings. The lowest BCUT2D eigenvalue weighted by atomic mass is 9.96. The minimum atomic E-state index is -0.868. The highest BCUT2D eigenvalue weighted by molar-refractivity contribution is 5.94. The molecule has 0 saturated carbocycles. The number of hydrogen-bond acceptors (Lipinski definition) is 3. The normalized spacial score (nSPS) is 15.9. The molecule has 0 spiro atoms. The molecule has 6 heteroatoms. The van der Waals surface area contributed by atoms with Crippen LogP contribution in [0, 0.1) is 17.6 Å². The quantitative estimate of drug-likeness (QED) is 0.805. The van der Waals surface area contributed by atoms with Gasteiger partial charge in [-0.1, -0.05) is 0 Å². The van der Waals surface area contributed by atoms with Crippen molar-refractivity contribution in [2.75, 3.05) is 19.7 Å². The molecule has 0 aromatic heterocycles. The zero-order valence-electron chi connectivity index (χ0n) is 11.8. The number of ether oxygens (including phenoxy) is 1. The first-order chi connectivity index (χ1) is 10.0. The maximum absolute atomic E-state index is 13.6. The van der Waals surface area contributed by atoms with Crippen molar-refractivity contribution in [2.24, 2.45) is 5.92 Å². The Morgan fingerprint density at radius 3 is 2.52 bits per heavy atom. The molecular formula is C15H17F2NO3. The molecule has 21 heavy (non-hydrogen) atoms. The van der Waals surface area contributed by atoms with E-state index in [0.29, 0.717) is 38.6 Å². The van der Waals surface area contributed by atoms with Gasteiger partial charge < -0.3 is 9.64 Å². The standard InChI is InChI=1S/C15H17F2NO3/c1-2-21-15(20)10-5-7-18(8-6-10)14(19)12-4-3-11(16)9-13(12)17/h3-4,9-10H,2,5-8H2,1H3. The first kappa shape index (κ1) is 15.4. The maximum atomic E-state index is 13.6. The number of benzene rings is 1. The minimum Gasteiger partial charge on any atom is -0.466 e. The molecule has 1 heterocycles. The summed E-state index contributed by atoms with van der Waals surface area (Å²) >= 11 is 0. The SMILES string of the molecule is CCOC(=O)C1CCN(C(=O)c2ccc(F)cc2F)CC1. The largest absolute Gasteiger partial charge is 0.466 e. The van der Waals surface area contributed by atoms with Crippen molar-refractivity contribution < 1.29 is 23.1 Å². The Kier molecular flexibility index (Phi) is 4.88. The molecule has 0 radical (unpaired) electrons. The second-order valence-corrected chi connectivity index (χ2v) is 4.94. The zero-order chi connectivity index (χ0) is 15.4. The molecule has 1 aromatic carbocycles. The smallest absolute Gasteiger partial charge is 0.309 e. The van der Waals surface area contributed by atoms with Crippen LogP contribution in [-0.2, 0) is 9.53 Å². The van der Waals surface area contributed by atoms with Gasteiger partial charge in [-0.2, -0.15) is 0 Å². The highest BCUT2D eigenvalue weighted by Crippen LogP contribution is 2.21. The number of halogens is 2. The number of likely N-dealkylation sites (tertiary alicyclic amines) is 1. The molecule has 0 N–H and O–H groups in total. The van der Waals surface area contributed by atoms with Gasteiger partial charge >= 0.3 is 5.97 Å². The molecular weight excluding hydrogens is 280 g/mol. The van der Waals surface area contributed by atoms with Crippen LogP contribution in [0.3, 0.4) is 0 Å². The molecule has 0 unspecified atom stereocenters. The van der Waals surface area contributed by atoms with Crippen molar-refractivity contribution in [3.05, 3.63) is 35.4 Å². The number of hydrogen-bond donors (Lipinski definition) is 0. The Hall–Kier alpha value is -1.98. The second-order valence-electron chi connectivity index (χ2n) is 4.94. The van der Waals surface area contributed by atoms with Crippen LogP contribution in [0.25, 0.3) is 0 Å². The van der Waals surface area contributed by atoms with Gasteiger partial charge in [-0.3, -0.25) is 9.59 Å². The van der Waals surface area contributed by atoms with Crippen molar-refractivity contribution >= 4 is 11.9 Å². The zero-order valence-corrected chi connectivity index (χ0v) is 11.8. The van der Waals surface area contributed by atoms with E-state index in [4.69, 9.17) is 4.74 Å². The lowest BCUT2D eigenvalue weighted by Gasteiger charge is -2.31. The fourth-order valence-corrected chi connectivity index (χ4v) is 2.41. The van der Waals surface area contributed by atoms with Gasteiger partial charge in [0.15, 0.2) is 0 Å². The number of nitrogens with zero attached hydrogens (tertiary/aromatic N) is 1. The Balaban J connectivity index is 1.98. The van der Waals surface area contributed by atoms with E-state index in [1.54, 1.807) is 6.92 Å². The van der Waals surface area contributed by atoms with Gasteiger partial charge in [0.25, 0.3) is 5.91 Å². The van der Waals surface area contributed by atoms with Crippen LogP contribution in [0.4, 0.5) is 8.78 Å². The topological polar surface area (TPSA) is 46.6 Å². The average molecular weight is 297 g/mol. The Morgan fingerprint density at radius 1 is 1.29 bits per heavy atom. The fourth-order valence-electron chi connectivity index (χ4n) is 2.41. The molecule has 1 aliphatic heterocycles. The summed E-state index contributed by atoms with van der Waals surface area (Å²) < 4.78 is 31.4. The Morgan fingerprint density at radius 2 is 1.95 bits per heavy atom. The molecule has 1 aliphatic rings. The summed E-state index contributed by atoms with van der Waals surface area (Å²) in [5, 5.41) is 0. The number of carbonyl (C=O) groups is 2. The van der Waals surface area contributed by atoms with Gasteiger partial charge in [-0.15, -0.1) is 0 Å². The van der Waals surface area contributed by atoms with E-state index in [1.807, 2.05) is 0 Å². The van der Waals surface area contributed by atoms with E-state index in [1.165, 1.54) is 4.90 Å².